The van der Waals surface area contributed by atoms with E-state index in [2.05, 4.69) is 45.1 Å². The van der Waals surface area contributed by atoms with Gasteiger partial charge in [-0.05, 0) is 51.4 Å². The Morgan fingerprint density at radius 2 is 0.581 bits per heavy atom. The summed E-state index contributed by atoms with van der Waals surface area (Å²) in [5, 5.41) is 0. The van der Waals surface area contributed by atoms with Crippen LogP contribution in [0.15, 0.2) is 24.3 Å². The van der Waals surface area contributed by atoms with Crippen molar-refractivity contribution in [2.45, 2.75) is 303 Å². The molecular weight excluding hydrogens is 769 g/mol. The summed E-state index contributed by atoms with van der Waals surface area (Å²) in [6.45, 7) is 6.64. The van der Waals surface area contributed by atoms with E-state index < -0.39 is 6.10 Å². The van der Waals surface area contributed by atoms with Gasteiger partial charge in [0, 0.05) is 19.3 Å². The lowest BCUT2D eigenvalue weighted by atomic mass is 10.0. The number of hydrogen-bond acceptors (Lipinski definition) is 6. The Bertz CT molecular complexity index is 1000. The van der Waals surface area contributed by atoms with E-state index in [4.69, 9.17) is 14.2 Å². The second-order valence-corrected chi connectivity index (χ2v) is 18.5. The lowest BCUT2D eigenvalue weighted by Crippen LogP contribution is -2.30. The Morgan fingerprint density at radius 1 is 0.323 bits per heavy atom. The maximum Gasteiger partial charge on any atom is 0.306 e. The summed E-state index contributed by atoms with van der Waals surface area (Å²) >= 11 is 0. The summed E-state index contributed by atoms with van der Waals surface area (Å²) in [6.07, 6.45) is 58.7. The molecule has 0 saturated carbocycles. The lowest BCUT2D eigenvalue weighted by Gasteiger charge is -2.18. The van der Waals surface area contributed by atoms with Crippen LogP contribution >= 0.6 is 0 Å². The quantitative estimate of drug-likeness (QED) is 0.0262. The second-order valence-electron chi connectivity index (χ2n) is 18.5. The predicted molar refractivity (Wildman–Crippen MR) is 266 cm³/mol. The van der Waals surface area contributed by atoms with Crippen molar-refractivity contribution in [3.05, 3.63) is 24.3 Å². The first-order valence-corrected chi connectivity index (χ1v) is 27.3. The number of esters is 3. The van der Waals surface area contributed by atoms with Crippen molar-refractivity contribution in [2.75, 3.05) is 13.2 Å². The fraction of sp³-hybridized carbons (Fsp3) is 0.875. The van der Waals surface area contributed by atoms with Crippen LogP contribution in [0.4, 0.5) is 0 Å². The van der Waals surface area contributed by atoms with Crippen LogP contribution in [0.1, 0.15) is 297 Å². The minimum atomic E-state index is -0.768. The monoisotopic (exact) mass is 873 g/mol. The van der Waals surface area contributed by atoms with Crippen molar-refractivity contribution < 1.29 is 28.6 Å². The van der Waals surface area contributed by atoms with E-state index in [0.717, 1.165) is 70.6 Å². The normalized spacial score (nSPS) is 12.1. The van der Waals surface area contributed by atoms with Crippen LogP contribution in [0.5, 0.6) is 0 Å². The molecule has 0 aliphatic carbocycles. The molecule has 0 saturated heterocycles. The molecule has 0 radical (unpaired) electrons. The third-order valence-corrected chi connectivity index (χ3v) is 12.2. The Balaban J connectivity index is 4.33. The topological polar surface area (TPSA) is 78.9 Å². The average molecular weight is 873 g/mol. The molecule has 62 heavy (non-hydrogen) atoms. The molecule has 6 nitrogen and oxygen atoms in total. The average Bonchev–Trinajstić information content (AvgIpc) is 3.27. The summed E-state index contributed by atoms with van der Waals surface area (Å²) in [7, 11) is 0. The third kappa shape index (κ3) is 48.9. The molecule has 0 aliphatic heterocycles. The van der Waals surface area contributed by atoms with Crippen molar-refractivity contribution in [3.63, 3.8) is 0 Å². The van der Waals surface area contributed by atoms with Gasteiger partial charge >= 0.3 is 17.9 Å². The van der Waals surface area contributed by atoms with Crippen molar-refractivity contribution in [2.24, 2.45) is 0 Å². The summed E-state index contributed by atoms with van der Waals surface area (Å²) in [4.78, 5) is 38.0. The van der Waals surface area contributed by atoms with Crippen molar-refractivity contribution in [3.8, 4) is 0 Å². The molecule has 0 rings (SSSR count). The molecule has 0 unspecified atom stereocenters. The van der Waals surface area contributed by atoms with Gasteiger partial charge < -0.3 is 14.2 Å². The number of unbranched alkanes of at least 4 members (excludes halogenated alkanes) is 35. The zero-order valence-electron chi connectivity index (χ0n) is 41.7. The van der Waals surface area contributed by atoms with Gasteiger partial charge in [0.2, 0.25) is 0 Å². The number of ether oxygens (including phenoxy) is 3. The SMILES string of the molecule is CCCCC/C=C\C/C=C\CCCCCCCCCC(=O)OC[C@@H](COC(=O)CCCCCCCCCCCCCCC)OC(=O)CCCCCCCCCCCCCCCC. The van der Waals surface area contributed by atoms with Gasteiger partial charge in [-0.2, -0.15) is 0 Å². The maximum atomic E-state index is 12.8. The van der Waals surface area contributed by atoms with Crippen molar-refractivity contribution in [1.82, 2.24) is 0 Å². The first-order valence-electron chi connectivity index (χ1n) is 27.3. The smallest absolute Gasteiger partial charge is 0.306 e. The van der Waals surface area contributed by atoms with E-state index in [1.165, 1.54) is 186 Å². The highest BCUT2D eigenvalue weighted by Crippen LogP contribution is 2.16. The Morgan fingerprint density at radius 3 is 0.919 bits per heavy atom. The minimum Gasteiger partial charge on any atom is -0.462 e. The van der Waals surface area contributed by atoms with Crippen LogP contribution in [0.25, 0.3) is 0 Å². The molecule has 0 aromatic carbocycles. The zero-order valence-corrected chi connectivity index (χ0v) is 41.7. The molecule has 1 atom stereocenters. The van der Waals surface area contributed by atoms with Gasteiger partial charge in [-0.3, -0.25) is 14.4 Å². The Labute approximate surface area is 385 Å². The molecule has 0 bridgehead atoms. The molecule has 0 aromatic heterocycles. The van der Waals surface area contributed by atoms with E-state index in [1.54, 1.807) is 0 Å². The highest BCUT2D eigenvalue weighted by molar-refractivity contribution is 5.71. The standard InChI is InChI=1S/C56H104O6/c1-4-7-10-13-16-19-22-25-27-28-29-32-34-37-40-43-46-49-55(58)61-52-53(51-60-54(57)48-45-42-39-36-33-30-24-21-18-15-12-9-6-3)62-56(59)50-47-44-41-38-35-31-26-23-20-17-14-11-8-5-2/h16,19,25,27,53H,4-15,17-18,20-24,26,28-52H2,1-3H3/b19-16-,27-25-/t53-/m1/s1. The molecule has 0 N–H and O–H groups in total. The molecule has 6 heteroatoms. The largest absolute Gasteiger partial charge is 0.462 e. The van der Waals surface area contributed by atoms with Crippen LogP contribution in [-0.4, -0.2) is 37.2 Å². The third-order valence-electron chi connectivity index (χ3n) is 12.2. The molecule has 0 fully saturated rings. The van der Waals surface area contributed by atoms with Crippen molar-refractivity contribution in [1.29, 1.82) is 0 Å². The molecule has 0 spiro atoms. The summed E-state index contributed by atoms with van der Waals surface area (Å²) < 4.78 is 16.8. The van der Waals surface area contributed by atoms with Gasteiger partial charge in [-0.1, -0.05) is 251 Å². The van der Waals surface area contributed by atoms with Gasteiger partial charge in [-0.15, -0.1) is 0 Å². The first kappa shape index (κ1) is 59.9. The number of hydrogen-bond donors (Lipinski definition) is 0. The fourth-order valence-electron chi connectivity index (χ4n) is 8.06. The number of rotatable bonds is 50. The summed E-state index contributed by atoms with van der Waals surface area (Å²) in [5.41, 5.74) is 0. The predicted octanol–water partition coefficient (Wildman–Crippen LogP) is 17.9. The summed E-state index contributed by atoms with van der Waals surface area (Å²) in [6, 6.07) is 0. The van der Waals surface area contributed by atoms with Gasteiger partial charge in [-0.25, -0.2) is 0 Å². The number of allylic oxidation sites excluding steroid dienone is 4. The maximum absolute atomic E-state index is 12.8. The van der Waals surface area contributed by atoms with E-state index in [-0.39, 0.29) is 31.1 Å². The first-order chi connectivity index (χ1) is 30.5. The Hall–Kier alpha value is -2.11. The van der Waals surface area contributed by atoms with Gasteiger partial charge in [0.15, 0.2) is 6.10 Å². The Kier molecular flexibility index (Phi) is 49.8. The van der Waals surface area contributed by atoms with Gasteiger partial charge in [0.1, 0.15) is 13.2 Å². The molecule has 0 aliphatic rings. The van der Waals surface area contributed by atoms with E-state index in [9.17, 15) is 14.4 Å². The fourth-order valence-corrected chi connectivity index (χ4v) is 8.06. The van der Waals surface area contributed by atoms with E-state index >= 15 is 0 Å². The molecular formula is C56H104O6. The molecule has 0 aromatic rings. The highest BCUT2D eigenvalue weighted by atomic mass is 16.6. The van der Waals surface area contributed by atoms with Crippen LogP contribution in [-0.2, 0) is 28.6 Å². The van der Waals surface area contributed by atoms with Crippen LogP contribution in [0, 0.1) is 0 Å². The van der Waals surface area contributed by atoms with Gasteiger partial charge in [0.05, 0.1) is 0 Å². The van der Waals surface area contributed by atoms with Crippen molar-refractivity contribution >= 4 is 17.9 Å². The summed E-state index contributed by atoms with van der Waals surface area (Å²) in [5.74, 6) is -0.859. The second kappa shape index (κ2) is 51.5. The molecule has 0 heterocycles. The van der Waals surface area contributed by atoms with E-state index in [0.29, 0.717) is 19.3 Å². The zero-order chi connectivity index (χ0) is 45.1. The lowest BCUT2D eigenvalue weighted by molar-refractivity contribution is -0.167. The molecule has 0 amide bonds. The van der Waals surface area contributed by atoms with Crippen LogP contribution in [0.3, 0.4) is 0 Å². The minimum absolute atomic E-state index is 0.0685. The van der Waals surface area contributed by atoms with Crippen LogP contribution < -0.4 is 0 Å². The van der Waals surface area contributed by atoms with Crippen LogP contribution in [0.2, 0.25) is 0 Å². The van der Waals surface area contributed by atoms with Gasteiger partial charge in [0.25, 0.3) is 0 Å². The van der Waals surface area contributed by atoms with E-state index in [1.807, 2.05) is 0 Å². The number of carbonyl (C=O) groups is 3. The highest BCUT2D eigenvalue weighted by Gasteiger charge is 2.19. The molecule has 364 valence electrons. The number of carbonyl (C=O) groups excluding carboxylic acids is 3.